The predicted molar refractivity (Wildman–Crippen MR) is 69.4 cm³/mol. The van der Waals surface area contributed by atoms with Crippen LogP contribution in [0.4, 0.5) is 15.8 Å². The number of hydrogen-bond acceptors (Lipinski definition) is 2. The largest absolute Gasteiger partial charge is 0.399 e. The molecule has 0 unspecified atom stereocenters. The monoisotopic (exact) mass is 230 g/mol. The Kier molecular flexibility index (Phi) is 3.60. The van der Waals surface area contributed by atoms with Crippen molar-refractivity contribution < 1.29 is 4.39 Å². The van der Waals surface area contributed by atoms with Crippen molar-refractivity contribution in [2.75, 3.05) is 17.6 Å². The molecule has 0 heterocycles. The Morgan fingerprint density at radius 2 is 1.82 bits per heavy atom. The molecule has 3 heteroatoms. The van der Waals surface area contributed by atoms with Gasteiger partial charge in [-0.05, 0) is 42.3 Å². The van der Waals surface area contributed by atoms with Gasteiger partial charge in [-0.3, -0.25) is 0 Å². The summed E-state index contributed by atoms with van der Waals surface area (Å²) in [6, 6.07) is 14.2. The van der Waals surface area contributed by atoms with Gasteiger partial charge in [0.05, 0.1) is 0 Å². The molecule has 88 valence electrons. The smallest absolute Gasteiger partial charge is 0.123 e. The van der Waals surface area contributed by atoms with Crippen LogP contribution >= 0.6 is 0 Å². The van der Waals surface area contributed by atoms with E-state index in [1.54, 1.807) is 12.1 Å². The minimum absolute atomic E-state index is 0.197. The van der Waals surface area contributed by atoms with Crippen LogP contribution in [-0.4, -0.2) is 6.54 Å². The fraction of sp³-hybridized carbons (Fsp3) is 0.143. The minimum atomic E-state index is -0.197. The Morgan fingerprint density at radius 1 is 1.06 bits per heavy atom. The minimum Gasteiger partial charge on any atom is -0.399 e. The average molecular weight is 230 g/mol. The molecule has 0 aliphatic rings. The van der Waals surface area contributed by atoms with E-state index in [2.05, 4.69) is 5.32 Å². The van der Waals surface area contributed by atoms with Crippen molar-refractivity contribution in [3.05, 3.63) is 59.9 Å². The standard InChI is InChI=1S/C14H15FN2/c15-12-6-4-11(5-7-12)8-9-17-14-3-1-2-13(16)10-14/h1-7,10,17H,8-9,16H2. The summed E-state index contributed by atoms with van der Waals surface area (Å²) in [4.78, 5) is 0. The average Bonchev–Trinajstić information content (AvgIpc) is 2.32. The molecule has 3 N–H and O–H groups in total. The van der Waals surface area contributed by atoms with Crippen LogP contribution in [0.5, 0.6) is 0 Å². The lowest BCUT2D eigenvalue weighted by molar-refractivity contribution is 0.627. The summed E-state index contributed by atoms with van der Waals surface area (Å²) in [5, 5.41) is 3.27. The fourth-order valence-corrected chi connectivity index (χ4v) is 1.65. The van der Waals surface area contributed by atoms with Crippen molar-refractivity contribution in [1.29, 1.82) is 0 Å². The number of nitrogen functional groups attached to an aromatic ring is 1. The lowest BCUT2D eigenvalue weighted by Crippen LogP contribution is -2.05. The number of hydrogen-bond donors (Lipinski definition) is 2. The summed E-state index contributed by atoms with van der Waals surface area (Å²) < 4.78 is 12.7. The number of benzene rings is 2. The van der Waals surface area contributed by atoms with E-state index in [1.807, 2.05) is 24.3 Å². The molecule has 0 spiro atoms. The molecule has 0 fully saturated rings. The molecule has 0 aliphatic carbocycles. The summed E-state index contributed by atoms with van der Waals surface area (Å²) in [5.41, 5.74) is 8.54. The van der Waals surface area contributed by atoms with Gasteiger partial charge in [0.25, 0.3) is 0 Å². The number of nitrogens with one attached hydrogen (secondary N) is 1. The molecule has 0 atom stereocenters. The fourth-order valence-electron chi connectivity index (χ4n) is 1.65. The van der Waals surface area contributed by atoms with Gasteiger partial charge in [-0.15, -0.1) is 0 Å². The van der Waals surface area contributed by atoms with Gasteiger partial charge in [0, 0.05) is 17.9 Å². The Hall–Kier alpha value is -2.03. The van der Waals surface area contributed by atoms with Gasteiger partial charge in [-0.25, -0.2) is 4.39 Å². The summed E-state index contributed by atoms with van der Waals surface area (Å²) in [7, 11) is 0. The molecule has 2 aromatic carbocycles. The van der Waals surface area contributed by atoms with Gasteiger partial charge >= 0.3 is 0 Å². The topological polar surface area (TPSA) is 38.0 Å². The lowest BCUT2D eigenvalue weighted by atomic mass is 10.1. The van der Waals surface area contributed by atoms with E-state index in [-0.39, 0.29) is 5.82 Å². The number of anilines is 2. The lowest BCUT2D eigenvalue weighted by Gasteiger charge is -2.07. The van der Waals surface area contributed by atoms with E-state index >= 15 is 0 Å². The third-order valence-electron chi connectivity index (χ3n) is 2.54. The Morgan fingerprint density at radius 3 is 2.53 bits per heavy atom. The second-order valence-corrected chi connectivity index (χ2v) is 3.93. The molecule has 2 rings (SSSR count). The van der Waals surface area contributed by atoms with Gasteiger partial charge in [0.15, 0.2) is 0 Å². The van der Waals surface area contributed by atoms with Gasteiger partial charge < -0.3 is 11.1 Å². The van der Waals surface area contributed by atoms with Crippen LogP contribution in [0.3, 0.4) is 0 Å². The molecule has 0 bridgehead atoms. The quantitative estimate of drug-likeness (QED) is 0.792. The van der Waals surface area contributed by atoms with Crippen molar-refractivity contribution in [2.45, 2.75) is 6.42 Å². The highest BCUT2D eigenvalue weighted by Crippen LogP contribution is 2.12. The highest BCUT2D eigenvalue weighted by molar-refractivity contribution is 5.54. The molecule has 0 aliphatic heterocycles. The number of halogens is 1. The first-order chi connectivity index (χ1) is 8.24. The third-order valence-corrected chi connectivity index (χ3v) is 2.54. The molecule has 0 saturated carbocycles. The van der Waals surface area contributed by atoms with Crippen LogP contribution in [0, 0.1) is 5.82 Å². The maximum absolute atomic E-state index is 12.7. The highest BCUT2D eigenvalue weighted by atomic mass is 19.1. The van der Waals surface area contributed by atoms with Crippen LogP contribution in [0.1, 0.15) is 5.56 Å². The van der Waals surface area contributed by atoms with Gasteiger partial charge in [-0.1, -0.05) is 18.2 Å². The molecule has 2 aromatic rings. The molecule has 0 saturated heterocycles. The first kappa shape index (κ1) is 11.5. The second-order valence-electron chi connectivity index (χ2n) is 3.93. The Labute approximate surface area is 100 Å². The zero-order chi connectivity index (χ0) is 12.1. The van der Waals surface area contributed by atoms with E-state index in [0.717, 1.165) is 29.9 Å². The van der Waals surface area contributed by atoms with Crippen LogP contribution in [0.25, 0.3) is 0 Å². The van der Waals surface area contributed by atoms with Crippen molar-refractivity contribution in [3.8, 4) is 0 Å². The van der Waals surface area contributed by atoms with Crippen molar-refractivity contribution in [3.63, 3.8) is 0 Å². The predicted octanol–water partition coefficient (Wildman–Crippen LogP) is 3.06. The molecule has 0 radical (unpaired) electrons. The van der Waals surface area contributed by atoms with Crippen molar-refractivity contribution in [2.24, 2.45) is 0 Å². The maximum atomic E-state index is 12.7. The van der Waals surface area contributed by atoms with E-state index in [4.69, 9.17) is 5.73 Å². The summed E-state index contributed by atoms with van der Waals surface area (Å²) in [6.07, 6.45) is 0.856. The van der Waals surface area contributed by atoms with E-state index in [9.17, 15) is 4.39 Å². The SMILES string of the molecule is Nc1cccc(NCCc2ccc(F)cc2)c1. The summed E-state index contributed by atoms with van der Waals surface area (Å²) in [6.45, 7) is 0.801. The molecular weight excluding hydrogens is 215 g/mol. The molecule has 2 nitrogen and oxygen atoms in total. The zero-order valence-electron chi connectivity index (χ0n) is 9.49. The summed E-state index contributed by atoms with van der Waals surface area (Å²) >= 11 is 0. The molecule has 17 heavy (non-hydrogen) atoms. The second kappa shape index (κ2) is 5.34. The molecular formula is C14H15FN2. The Balaban J connectivity index is 1.85. The Bertz CT molecular complexity index is 480. The van der Waals surface area contributed by atoms with Crippen molar-refractivity contribution >= 4 is 11.4 Å². The molecule has 0 aromatic heterocycles. The first-order valence-electron chi connectivity index (χ1n) is 5.58. The van der Waals surface area contributed by atoms with E-state index in [0.29, 0.717) is 0 Å². The van der Waals surface area contributed by atoms with Gasteiger partial charge in [-0.2, -0.15) is 0 Å². The number of rotatable bonds is 4. The van der Waals surface area contributed by atoms with Gasteiger partial charge in [0.2, 0.25) is 0 Å². The van der Waals surface area contributed by atoms with Crippen LogP contribution < -0.4 is 11.1 Å². The van der Waals surface area contributed by atoms with Crippen LogP contribution in [0.15, 0.2) is 48.5 Å². The number of nitrogens with two attached hydrogens (primary N) is 1. The van der Waals surface area contributed by atoms with Crippen LogP contribution in [0.2, 0.25) is 0 Å². The highest BCUT2D eigenvalue weighted by Gasteiger charge is 1.95. The maximum Gasteiger partial charge on any atom is 0.123 e. The van der Waals surface area contributed by atoms with Crippen LogP contribution in [-0.2, 0) is 6.42 Å². The van der Waals surface area contributed by atoms with E-state index in [1.165, 1.54) is 12.1 Å². The molecule has 0 amide bonds. The van der Waals surface area contributed by atoms with Crippen molar-refractivity contribution in [1.82, 2.24) is 0 Å². The summed E-state index contributed by atoms with van der Waals surface area (Å²) in [5.74, 6) is -0.197. The normalized spacial score (nSPS) is 10.2. The first-order valence-corrected chi connectivity index (χ1v) is 5.58. The van der Waals surface area contributed by atoms with E-state index < -0.39 is 0 Å². The zero-order valence-corrected chi connectivity index (χ0v) is 9.49. The van der Waals surface area contributed by atoms with Gasteiger partial charge in [0.1, 0.15) is 5.82 Å². The third kappa shape index (κ3) is 3.48.